The Morgan fingerprint density at radius 3 is 2.48 bits per heavy atom. The van der Waals surface area contributed by atoms with Gasteiger partial charge < -0.3 is 5.73 Å². The monoisotopic (exact) mass is 322 g/mol. The van der Waals surface area contributed by atoms with Crippen molar-refractivity contribution in [1.29, 1.82) is 0 Å². The third-order valence-corrected chi connectivity index (χ3v) is 6.18. The number of likely N-dealkylation sites (N-methyl/N-ethyl adjacent to an activating group) is 1. The summed E-state index contributed by atoms with van der Waals surface area (Å²) in [4.78, 5) is 6.70. The molecule has 0 aliphatic rings. The third kappa shape index (κ3) is 4.16. The molecule has 2 aromatic rings. The first-order valence-corrected chi connectivity index (χ1v) is 9.22. The van der Waals surface area contributed by atoms with Crippen LogP contribution >= 0.6 is 22.7 Å². The molecule has 1 atom stereocenters. The van der Waals surface area contributed by atoms with Crippen molar-refractivity contribution in [3.63, 3.8) is 0 Å². The van der Waals surface area contributed by atoms with Crippen LogP contribution in [0.25, 0.3) is 0 Å². The van der Waals surface area contributed by atoms with Crippen LogP contribution in [0.15, 0.2) is 29.6 Å². The minimum absolute atomic E-state index is 0.215. The molecule has 0 aliphatic heterocycles. The lowest BCUT2D eigenvalue weighted by molar-refractivity contribution is 0.208. The first-order valence-electron chi connectivity index (χ1n) is 7.52. The quantitative estimate of drug-likeness (QED) is 0.840. The van der Waals surface area contributed by atoms with E-state index in [1.165, 1.54) is 14.6 Å². The first kappa shape index (κ1) is 16.7. The Labute approximate surface area is 136 Å². The predicted octanol–water partition coefficient (Wildman–Crippen LogP) is 4.63. The fourth-order valence-electron chi connectivity index (χ4n) is 2.43. The minimum Gasteiger partial charge on any atom is -0.329 e. The van der Waals surface area contributed by atoms with E-state index in [2.05, 4.69) is 62.2 Å². The molecule has 0 saturated carbocycles. The van der Waals surface area contributed by atoms with Gasteiger partial charge in [-0.2, -0.15) is 0 Å². The average Bonchev–Trinajstić information content (AvgIpc) is 3.08. The van der Waals surface area contributed by atoms with Crippen LogP contribution < -0.4 is 5.73 Å². The minimum atomic E-state index is 0.215. The lowest BCUT2D eigenvalue weighted by Gasteiger charge is -2.28. The zero-order chi connectivity index (χ0) is 15.5. The van der Waals surface area contributed by atoms with Gasteiger partial charge in [-0.1, -0.05) is 33.8 Å². The van der Waals surface area contributed by atoms with Crippen LogP contribution in [0.3, 0.4) is 0 Å². The van der Waals surface area contributed by atoms with Crippen LogP contribution in [-0.2, 0) is 12.0 Å². The summed E-state index contributed by atoms with van der Waals surface area (Å²) in [5.41, 5.74) is 6.31. The van der Waals surface area contributed by atoms with Crippen LogP contribution in [0.1, 0.15) is 48.4 Å². The van der Waals surface area contributed by atoms with Gasteiger partial charge in [0, 0.05) is 27.7 Å². The smallest absolute Gasteiger partial charge is 0.0567 e. The zero-order valence-electron chi connectivity index (χ0n) is 13.4. The molecule has 0 amide bonds. The normalized spacial score (nSPS) is 13.8. The topological polar surface area (TPSA) is 29.3 Å². The summed E-state index contributed by atoms with van der Waals surface area (Å²) in [5.74, 6) is 0. The molecule has 0 aliphatic carbocycles. The summed E-state index contributed by atoms with van der Waals surface area (Å²) in [6, 6.07) is 9.17. The van der Waals surface area contributed by atoms with E-state index in [4.69, 9.17) is 5.73 Å². The van der Waals surface area contributed by atoms with Crippen LogP contribution in [0.5, 0.6) is 0 Å². The van der Waals surface area contributed by atoms with Crippen molar-refractivity contribution in [3.8, 4) is 0 Å². The van der Waals surface area contributed by atoms with E-state index >= 15 is 0 Å². The molecule has 4 heteroatoms. The molecule has 1 unspecified atom stereocenters. The van der Waals surface area contributed by atoms with E-state index in [0.717, 1.165) is 13.1 Å². The van der Waals surface area contributed by atoms with Crippen molar-refractivity contribution in [2.24, 2.45) is 5.73 Å². The van der Waals surface area contributed by atoms with Crippen LogP contribution in [0, 0.1) is 0 Å². The van der Waals surface area contributed by atoms with Gasteiger partial charge in [0.15, 0.2) is 0 Å². The summed E-state index contributed by atoms with van der Waals surface area (Å²) >= 11 is 3.73. The zero-order valence-corrected chi connectivity index (χ0v) is 15.1. The SMILES string of the molecule is CCN(Cc1cccs1)C(CN)c1ccc(C(C)(C)C)s1. The van der Waals surface area contributed by atoms with Gasteiger partial charge in [-0.3, -0.25) is 4.90 Å². The molecular weight excluding hydrogens is 296 g/mol. The summed E-state index contributed by atoms with van der Waals surface area (Å²) in [6.45, 7) is 11.7. The number of hydrogen-bond donors (Lipinski definition) is 1. The Hall–Kier alpha value is -0.680. The second kappa shape index (κ2) is 7.05. The summed E-state index contributed by atoms with van der Waals surface area (Å²) in [7, 11) is 0. The van der Waals surface area contributed by atoms with Gasteiger partial charge in [0.1, 0.15) is 0 Å². The average molecular weight is 323 g/mol. The predicted molar refractivity (Wildman–Crippen MR) is 95.2 cm³/mol. The first-order chi connectivity index (χ1) is 9.95. The highest BCUT2D eigenvalue weighted by molar-refractivity contribution is 7.12. The van der Waals surface area contributed by atoms with Gasteiger partial charge in [-0.25, -0.2) is 0 Å². The van der Waals surface area contributed by atoms with Crippen molar-refractivity contribution in [1.82, 2.24) is 4.90 Å². The lowest BCUT2D eigenvalue weighted by atomic mass is 9.95. The fraction of sp³-hybridized carbons (Fsp3) is 0.529. The fourth-order valence-corrected chi connectivity index (χ4v) is 4.37. The maximum atomic E-state index is 6.10. The third-order valence-electron chi connectivity index (χ3n) is 3.70. The highest BCUT2D eigenvalue weighted by Gasteiger charge is 2.23. The number of nitrogens with zero attached hydrogens (tertiary/aromatic N) is 1. The summed E-state index contributed by atoms with van der Waals surface area (Å²) in [6.07, 6.45) is 0. The van der Waals surface area contributed by atoms with Gasteiger partial charge in [0.25, 0.3) is 0 Å². The second-order valence-corrected chi connectivity index (χ2v) is 8.49. The Bertz CT molecular complexity index is 537. The standard InChI is InChI=1S/C17H26N2S2/c1-5-19(12-13-7-6-10-20-13)14(11-18)15-8-9-16(21-15)17(2,3)4/h6-10,14H,5,11-12,18H2,1-4H3. The van der Waals surface area contributed by atoms with E-state index in [9.17, 15) is 0 Å². The van der Waals surface area contributed by atoms with Crippen LogP contribution in [0.4, 0.5) is 0 Å². The maximum absolute atomic E-state index is 6.10. The van der Waals surface area contributed by atoms with Crippen molar-refractivity contribution >= 4 is 22.7 Å². The number of nitrogens with two attached hydrogens (primary N) is 1. The molecule has 21 heavy (non-hydrogen) atoms. The molecule has 2 N–H and O–H groups in total. The Morgan fingerprint density at radius 1 is 1.24 bits per heavy atom. The molecule has 2 heterocycles. The highest BCUT2D eigenvalue weighted by Crippen LogP contribution is 2.34. The second-order valence-electron chi connectivity index (χ2n) is 6.35. The molecule has 116 valence electrons. The Morgan fingerprint density at radius 2 is 2.00 bits per heavy atom. The molecule has 2 rings (SSSR count). The van der Waals surface area contributed by atoms with E-state index in [-0.39, 0.29) is 5.41 Å². The van der Waals surface area contributed by atoms with Gasteiger partial charge in [0.05, 0.1) is 6.04 Å². The van der Waals surface area contributed by atoms with Crippen molar-refractivity contribution in [2.45, 2.75) is 45.7 Å². The number of thiophene rings is 2. The molecule has 0 radical (unpaired) electrons. The molecule has 0 saturated heterocycles. The van der Waals surface area contributed by atoms with E-state index in [1.54, 1.807) is 0 Å². The molecule has 0 spiro atoms. The molecule has 2 nitrogen and oxygen atoms in total. The van der Waals surface area contributed by atoms with Gasteiger partial charge in [-0.15, -0.1) is 22.7 Å². The Kier molecular flexibility index (Phi) is 5.60. The lowest BCUT2D eigenvalue weighted by Crippen LogP contribution is -2.32. The molecular formula is C17H26N2S2. The van der Waals surface area contributed by atoms with E-state index in [0.29, 0.717) is 12.6 Å². The van der Waals surface area contributed by atoms with Crippen LogP contribution in [0.2, 0.25) is 0 Å². The number of rotatable bonds is 6. The van der Waals surface area contributed by atoms with Crippen molar-refractivity contribution in [2.75, 3.05) is 13.1 Å². The van der Waals surface area contributed by atoms with Crippen molar-refractivity contribution < 1.29 is 0 Å². The molecule has 2 aromatic heterocycles. The molecule has 0 aromatic carbocycles. The molecule has 0 bridgehead atoms. The van der Waals surface area contributed by atoms with Gasteiger partial charge >= 0.3 is 0 Å². The number of hydrogen-bond acceptors (Lipinski definition) is 4. The summed E-state index contributed by atoms with van der Waals surface area (Å²) < 4.78 is 0. The molecule has 0 fully saturated rings. The highest BCUT2D eigenvalue weighted by atomic mass is 32.1. The van der Waals surface area contributed by atoms with Crippen LogP contribution in [-0.4, -0.2) is 18.0 Å². The van der Waals surface area contributed by atoms with E-state index < -0.39 is 0 Å². The van der Waals surface area contributed by atoms with Gasteiger partial charge in [0.2, 0.25) is 0 Å². The largest absolute Gasteiger partial charge is 0.329 e. The Balaban J connectivity index is 2.18. The van der Waals surface area contributed by atoms with Gasteiger partial charge in [-0.05, 0) is 35.5 Å². The van der Waals surface area contributed by atoms with Crippen molar-refractivity contribution in [3.05, 3.63) is 44.3 Å². The maximum Gasteiger partial charge on any atom is 0.0567 e. The summed E-state index contributed by atoms with van der Waals surface area (Å²) in [5, 5.41) is 2.14. The van der Waals surface area contributed by atoms with E-state index in [1.807, 2.05) is 22.7 Å².